The molecule has 0 saturated carbocycles. The van der Waals surface area contributed by atoms with Crippen molar-refractivity contribution in [1.29, 1.82) is 0 Å². The summed E-state index contributed by atoms with van der Waals surface area (Å²) >= 11 is 4.94. The summed E-state index contributed by atoms with van der Waals surface area (Å²) in [5, 5.41) is 2.19. The number of ether oxygens (including phenoxy) is 4. The average molecular weight is 956 g/mol. The van der Waals surface area contributed by atoms with Gasteiger partial charge in [0.25, 0.3) is 0 Å². The van der Waals surface area contributed by atoms with Crippen LogP contribution in [0.2, 0.25) is 0 Å². The predicted molar refractivity (Wildman–Crippen MR) is 246 cm³/mol. The molecular formula is C46H61ClF2N10O8. The third-order valence-electron chi connectivity index (χ3n) is 10.9. The van der Waals surface area contributed by atoms with E-state index in [4.69, 9.17) is 43.4 Å². The van der Waals surface area contributed by atoms with E-state index in [0.717, 1.165) is 11.3 Å². The topological polar surface area (TPSA) is 208 Å². The first-order valence-corrected chi connectivity index (χ1v) is 22.5. The number of carbonyl (C=O) groups is 4. The number of anilines is 2. The van der Waals surface area contributed by atoms with Gasteiger partial charge in [-0.05, 0) is 91.7 Å². The van der Waals surface area contributed by atoms with Crippen LogP contribution in [0.4, 0.5) is 30.0 Å². The van der Waals surface area contributed by atoms with Gasteiger partial charge in [-0.15, -0.1) is 12.8 Å². The fourth-order valence-corrected chi connectivity index (χ4v) is 7.72. The molecule has 2 aliphatic heterocycles. The smallest absolute Gasteiger partial charge is 0.423 e. The Morgan fingerprint density at radius 1 is 0.791 bits per heavy atom. The van der Waals surface area contributed by atoms with Gasteiger partial charge in [-0.2, -0.15) is 33.6 Å². The molecule has 0 bridgehead atoms. The number of fused-ring (bicyclic) bond motifs is 2. The Balaban J connectivity index is 0.000000263. The van der Waals surface area contributed by atoms with Crippen molar-refractivity contribution in [2.45, 2.75) is 169 Å². The van der Waals surface area contributed by atoms with Gasteiger partial charge in [0, 0.05) is 24.7 Å². The number of hydrogen-bond acceptors (Lipinski definition) is 14. The summed E-state index contributed by atoms with van der Waals surface area (Å²) in [5.74, 6) is 4.73. The van der Waals surface area contributed by atoms with Gasteiger partial charge in [-0.3, -0.25) is 24.0 Å². The van der Waals surface area contributed by atoms with Crippen LogP contribution in [0.3, 0.4) is 0 Å². The van der Waals surface area contributed by atoms with Crippen LogP contribution in [0.1, 0.15) is 147 Å². The van der Waals surface area contributed by atoms with Crippen molar-refractivity contribution in [3.05, 3.63) is 24.8 Å². The van der Waals surface area contributed by atoms with Crippen LogP contribution in [-0.2, 0) is 28.5 Å². The second-order valence-electron chi connectivity index (χ2n) is 18.2. The van der Waals surface area contributed by atoms with Gasteiger partial charge in [-0.1, -0.05) is 53.4 Å². The summed E-state index contributed by atoms with van der Waals surface area (Å²) in [4.78, 5) is 72.1. The zero-order valence-corrected chi connectivity index (χ0v) is 41.0. The molecule has 6 heterocycles. The van der Waals surface area contributed by atoms with E-state index >= 15 is 0 Å². The number of amides is 3. The molecule has 2 fully saturated rings. The van der Waals surface area contributed by atoms with E-state index in [9.17, 15) is 28.0 Å². The molecule has 0 aromatic carbocycles. The maximum Gasteiger partial charge on any atom is 0.423 e. The Morgan fingerprint density at radius 2 is 1.25 bits per heavy atom. The van der Waals surface area contributed by atoms with Crippen molar-refractivity contribution in [1.82, 2.24) is 39.0 Å². The molecule has 364 valence electrons. The van der Waals surface area contributed by atoms with Gasteiger partial charge < -0.3 is 18.9 Å². The lowest BCUT2D eigenvalue weighted by molar-refractivity contribution is -0.118. The van der Waals surface area contributed by atoms with E-state index in [2.05, 4.69) is 47.1 Å². The number of nitrogens with zero attached hydrogens (tertiary/aromatic N) is 9. The minimum atomic E-state index is -1.11. The Bertz CT molecular complexity index is 2530. The van der Waals surface area contributed by atoms with Crippen LogP contribution >= 0.6 is 11.6 Å². The molecule has 0 unspecified atom stereocenters. The summed E-state index contributed by atoms with van der Waals surface area (Å²) in [6.45, 7) is 21.8. The number of halogens is 3. The lowest BCUT2D eigenvalue weighted by Gasteiger charge is -2.26. The zero-order chi connectivity index (χ0) is 50.2. The molecule has 21 heteroatoms. The molecule has 0 aliphatic carbocycles. The molecule has 0 radical (unpaired) electrons. The van der Waals surface area contributed by atoms with Crippen molar-refractivity contribution in [2.24, 2.45) is 11.8 Å². The first kappa shape index (κ1) is 53.8. The molecule has 2 aliphatic rings. The van der Waals surface area contributed by atoms with E-state index in [1.54, 1.807) is 57.6 Å². The third kappa shape index (κ3) is 12.8. The van der Waals surface area contributed by atoms with E-state index in [-0.39, 0.29) is 57.5 Å². The molecule has 4 aromatic heterocycles. The summed E-state index contributed by atoms with van der Waals surface area (Å²) in [7, 11) is 0. The first-order valence-electron chi connectivity index (χ1n) is 22.2. The number of carbonyl (C=O) groups excluding carboxylic acids is 4. The zero-order valence-electron chi connectivity index (χ0n) is 40.2. The van der Waals surface area contributed by atoms with Gasteiger partial charge >= 0.3 is 24.3 Å². The lowest BCUT2D eigenvalue weighted by atomic mass is 9.87. The van der Waals surface area contributed by atoms with Gasteiger partial charge in [-0.25, -0.2) is 19.6 Å². The Labute approximate surface area is 394 Å². The highest BCUT2D eigenvalue weighted by molar-refractivity contribution is 6.63. The number of hydrogen-bond donors (Lipinski definition) is 1. The van der Waals surface area contributed by atoms with Gasteiger partial charge in [0.2, 0.25) is 11.1 Å². The van der Waals surface area contributed by atoms with Crippen molar-refractivity contribution in [3.8, 4) is 24.7 Å². The molecule has 6 atom stereocenters. The highest BCUT2D eigenvalue weighted by atomic mass is 35.5. The number of aromatic nitrogens is 8. The number of imide groups is 1. The highest BCUT2D eigenvalue weighted by Gasteiger charge is 2.46. The van der Waals surface area contributed by atoms with E-state index in [1.807, 2.05) is 34.6 Å². The van der Waals surface area contributed by atoms with Crippen LogP contribution in [-0.4, -0.2) is 84.8 Å². The summed E-state index contributed by atoms with van der Waals surface area (Å²) in [6, 6.07) is 0. The Hall–Kier alpha value is -5.83. The second-order valence-corrected chi connectivity index (χ2v) is 18.6. The van der Waals surface area contributed by atoms with E-state index in [1.165, 1.54) is 12.7 Å². The molecule has 4 aromatic rings. The normalized spacial score (nSPS) is 22.4. The van der Waals surface area contributed by atoms with Crippen molar-refractivity contribution < 1.29 is 46.9 Å². The molecule has 3 amide bonds. The fourth-order valence-electron chi connectivity index (χ4n) is 7.53. The number of imidazole rings is 2. The van der Waals surface area contributed by atoms with Gasteiger partial charge in [0.05, 0.1) is 12.7 Å². The van der Waals surface area contributed by atoms with Crippen LogP contribution < -0.4 is 10.2 Å². The van der Waals surface area contributed by atoms with Crippen LogP contribution in [0, 0.1) is 48.7 Å². The number of terminal acetylenes is 2. The molecule has 18 nitrogen and oxygen atoms in total. The third-order valence-corrected chi connectivity index (χ3v) is 11.1. The molecule has 0 spiro atoms. The summed E-state index contributed by atoms with van der Waals surface area (Å²) in [6.07, 6.45) is 13.9. The van der Waals surface area contributed by atoms with Crippen molar-refractivity contribution in [2.75, 3.05) is 10.2 Å². The SMILES string of the molecule is C#C[C@]1(CC)O[C@@H](n2cnc3c(N(C(=O)CCC)C(=O)OC(C)(C)C)nc(F)nc32)C[C@@H]1C.C#C[C@]1(CC)O[C@@H](n2cnc3c(NC(=O)OC(C)(C)C)nc(F)nc32)C[C@@H]1C.CCCC(=O)Cl. The van der Waals surface area contributed by atoms with E-state index < -0.39 is 65.1 Å². The first-order chi connectivity index (χ1) is 31.3. The predicted octanol–water partition coefficient (Wildman–Crippen LogP) is 9.57. The van der Waals surface area contributed by atoms with Crippen LogP contribution in [0.15, 0.2) is 12.7 Å². The largest absolute Gasteiger partial charge is 0.444 e. The van der Waals surface area contributed by atoms with Crippen LogP contribution in [0.25, 0.3) is 22.3 Å². The highest BCUT2D eigenvalue weighted by Crippen LogP contribution is 2.45. The standard InChI is InChI=1S/C23H30FN5O4.C19H24FN5O3.C4H7ClO/c1-8-11-15(30)29(21(31)33-22(5,6)7)19-17-18(26-20(24)27-19)28(13-25-17)16-12-14(4)23(9-2,10-3)32-16;1-7-19(8-2)11(3)9-12(27-19)25-10-21-13-14(22-16(20)24-15(13)25)23-17(26)28-18(4,5)6;1-2-3-4(5)6/h2,13-14,16H,8,10-12H2,1,3-7H3;1,10-12H,8-9H2,2-6H3,(H,22,23,24,26);2-3H2,1H3/t14-,16+,23+;11-,12+,19+;/m00./s1. The maximum absolute atomic E-state index is 14.6. The fraction of sp³-hybridized carbons (Fsp3) is 0.609. The minimum Gasteiger partial charge on any atom is -0.444 e. The van der Waals surface area contributed by atoms with Crippen molar-refractivity contribution >= 4 is 68.9 Å². The molecular weight excluding hydrogens is 894 g/mol. The van der Waals surface area contributed by atoms with Gasteiger partial charge in [0.15, 0.2) is 34.0 Å². The average Bonchev–Trinajstić information content (AvgIpc) is 4.00. The molecule has 2 saturated heterocycles. The molecule has 67 heavy (non-hydrogen) atoms. The quantitative estimate of drug-likeness (QED) is 0.0892. The van der Waals surface area contributed by atoms with Gasteiger partial charge in [0.1, 0.15) is 34.9 Å². The van der Waals surface area contributed by atoms with Crippen molar-refractivity contribution in [3.63, 3.8) is 0 Å². The van der Waals surface area contributed by atoms with Crippen LogP contribution in [0.5, 0.6) is 0 Å². The number of nitrogens with one attached hydrogen (secondary N) is 1. The lowest BCUT2D eigenvalue weighted by Crippen LogP contribution is -2.41. The Kier molecular flexibility index (Phi) is 17.5. The monoisotopic (exact) mass is 954 g/mol. The summed E-state index contributed by atoms with van der Waals surface area (Å²) < 4.78 is 54.7. The molecule has 6 rings (SSSR count). The number of rotatable bonds is 10. The minimum absolute atomic E-state index is 0.0392. The molecule has 1 N–H and O–H groups in total. The maximum atomic E-state index is 14.6. The van der Waals surface area contributed by atoms with E-state index in [0.29, 0.717) is 38.5 Å². The second kappa shape index (κ2) is 21.9. The Morgan fingerprint density at radius 3 is 1.66 bits per heavy atom. The summed E-state index contributed by atoms with van der Waals surface area (Å²) in [5.41, 5.74) is -2.41.